The summed E-state index contributed by atoms with van der Waals surface area (Å²) in [7, 11) is 0. The van der Waals surface area contributed by atoms with Gasteiger partial charge in [-0.2, -0.15) is 0 Å². The van der Waals surface area contributed by atoms with Crippen LogP contribution in [0.5, 0.6) is 0 Å². The number of carbonyl (C=O) groups is 2. The molecule has 1 aromatic rings. The predicted molar refractivity (Wildman–Crippen MR) is 86.1 cm³/mol. The van der Waals surface area contributed by atoms with Crippen molar-refractivity contribution in [2.45, 2.75) is 12.8 Å². The van der Waals surface area contributed by atoms with Gasteiger partial charge in [0.2, 0.25) is 0 Å². The highest BCUT2D eigenvalue weighted by Gasteiger charge is 2.52. The number of nitrogens with two attached hydrogens (primary N) is 2. The molecular weight excluding hydrogens is 343 g/mol. The van der Waals surface area contributed by atoms with Crippen LogP contribution in [0.4, 0.5) is 0 Å². The maximum Gasteiger partial charge on any atom is 0.334 e. The number of carboxylic acid groups (broad SMARTS) is 2. The maximum absolute atomic E-state index is 11.9. The lowest BCUT2D eigenvalue weighted by molar-refractivity contribution is -0.147. The molecule has 6 N–H and O–H groups in total. The summed E-state index contributed by atoms with van der Waals surface area (Å²) in [5.41, 5.74) is 9.56. The SMILES string of the molecule is CC1(C(=O)O)C(N)=CC(N)=C(C(=O)O)C1c1c(Cl)cccc1Cl. The van der Waals surface area contributed by atoms with Crippen molar-refractivity contribution in [3.63, 3.8) is 0 Å². The lowest BCUT2D eigenvalue weighted by atomic mass is 9.64. The van der Waals surface area contributed by atoms with Gasteiger partial charge in [0.15, 0.2) is 0 Å². The Bertz CT molecular complexity index is 752. The van der Waals surface area contributed by atoms with E-state index in [4.69, 9.17) is 34.7 Å². The van der Waals surface area contributed by atoms with Crippen molar-refractivity contribution < 1.29 is 19.8 Å². The van der Waals surface area contributed by atoms with Crippen LogP contribution in [0.25, 0.3) is 0 Å². The topological polar surface area (TPSA) is 127 Å². The quantitative estimate of drug-likeness (QED) is 0.658. The number of aliphatic carboxylic acids is 2. The summed E-state index contributed by atoms with van der Waals surface area (Å²) in [6, 6.07) is 4.56. The summed E-state index contributed by atoms with van der Waals surface area (Å²) in [6.45, 7) is 1.32. The van der Waals surface area contributed by atoms with Crippen LogP contribution >= 0.6 is 23.2 Å². The first kappa shape index (κ1) is 17.2. The minimum atomic E-state index is -1.76. The van der Waals surface area contributed by atoms with E-state index in [0.29, 0.717) is 0 Å². The van der Waals surface area contributed by atoms with Gasteiger partial charge in [-0.3, -0.25) is 4.79 Å². The second-order valence-electron chi connectivity index (χ2n) is 5.35. The molecule has 0 fully saturated rings. The molecule has 1 aromatic carbocycles. The monoisotopic (exact) mass is 356 g/mol. The summed E-state index contributed by atoms with van der Waals surface area (Å²) < 4.78 is 0. The van der Waals surface area contributed by atoms with Crippen LogP contribution in [0.2, 0.25) is 10.0 Å². The Hall–Kier alpha value is -2.18. The molecule has 122 valence electrons. The first-order chi connectivity index (χ1) is 10.6. The molecule has 0 radical (unpaired) electrons. The molecule has 2 rings (SSSR count). The number of allylic oxidation sites excluding steroid dienone is 1. The van der Waals surface area contributed by atoms with Gasteiger partial charge in [0.05, 0.1) is 5.57 Å². The van der Waals surface area contributed by atoms with Crippen LogP contribution in [-0.4, -0.2) is 22.2 Å². The molecule has 0 saturated heterocycles. The van der Waals surface area contributed by atoms with Crippen LogP contribution in [0.3, 0.4) is 0 Å². The summed E-state index contributed by atoms with van der Waals surface area (Å²) in [6.07, 6.45) is 1.15. The molecule has 0 amide bonds. The highest BCUT2D eigenvalue weighted by Crippen LogP contribution is 2.51. The second kappa shape index (κ2) is 5.79. The van der Waals surface area contributed by atoms with Gasteiger partial charge in [-0.25, -0.2) is 4.79 Å². The number of hydrogen-bond donors (Lipinski definition) is 4. The summed E-state index contributed by atoms with van der Waals surface area (Å²) in [4.78, 5) is 23.6. The van der Waals surface area contributed by atoms with Crippen LogP contribution in [0.15, 0.2) is 41.2 Å². The number of rotatable bonds is 3. The number of benzene rings is 1. The van der Waals surface area contributed by atoms with E-state index in [0.717, 1.165) is 6.08 Å². The fourth-order valence-electron chi connectivity index (χ4n) is 2.73. The molecule has 1 aliphatic carbocycles. The molecule has 0 aromatic heterocycles. The smallest absolute Gasteiger partial charge is 0.334 e. The van der Waals surface area contributed by atoms with Gasteiger partial charge in [0.25, 0.3) is 0 Å². The first-order valence-corrected chi connectivity index (χ1v) is 7.25. The summed E-state index contributed by atoms with van der Waals surface area (Å²) in [5.74, 6) is -3.90. The van der Waals surface area contributed by atoms with Gasteiger partial charge in [0, 0.05) is 27.4 Å². The van der Waals surface area contributed by atoms with Crippen molar-refractivity contribution >= 4 is 35.1 Å². The van der Waals surface area contributed by atoms with Crippen LogP contribution in [-0.2, 0) is 9.59 Å². The number of halogens is 2. The van der Waals surface area contributed by atoms with Crippen molar-refractivity contribution in [2.24, 2.45) is 16.9 Å². The normalized spacial score (nSPS) is 24.3. The van der Waals surface area contributed by atoms with Gasteiger partial charge < -0.3 is 21.7 Å². The Morgan fingerprint density at radius 2 is 1.70 bits per heavy atom. The first-order valence-electron chi connectivity index (χ1n) is 6.50. The highest BCUT2D eigenvalue weighted by molar-refractivity contribution is 6.36. The van der Waals surface area contributed by atoms with E-state index < -0.39 is 23.3 Å². The Labute approximate surface area is 142 Å². The Morgan fingerprint density at radius 3 is 2.13 bits per heavy atom. The predicted octanol–water partition coefficient (Wildman–Crippen LogP) is 2.32. The zero-order valence-electron chi connectivity index (χ0n) is 12.0. The van der Waals surface area contributed by atoms with Gasteiger partial charge in [0.1, 0.15) is 5.41 Å². The number of hydrogen-bond acceptors (Lipinski definition) is 4. The molecule has 8 heteroatoms. The molecule has 0 bridgehead atoms. The molecule has 0 spiro atoms. The third kappa shape index (κ3) is 2.54. The lowest BCUT2D eigenvalue weighted by Crippen LogP contribution is -2.44. The third-order valence-electron chi connectivity index (χ3n) is 4.05. The van der Waals surface area contributed by atoms with E-state index in [1.807, 2.05) is 0 Å². The molecule has 0 heterocycles. The van der Waals surface area contributed by atoms with Crippen molar-refractivity contribution in [1.82, 2.24) is 0 Å². The molecule has 2 atom stereocenters. The molecule has 23 heavy (non-hydrogen) atoms. The molecule has 0 saturated carbocycles. The highest BCUT2D eigenvalue weighted by atomic mass is 35.5. The van der Waals surface area contributed by atoms with Gasteiger partial charge >= 0.3 is 11.9 Å². The van der Waals surface area contributed by atoms with E-state index in [2.05, 4.69) is 0 Å². The van der Waals surface area contributed by atoms with E-state index >= 15 is 0 Å². The Balaban J connectivity index is 2.90. The summed E-state index contributed by atoms with van der Waals surface area (Å²) >= 11 is 12.3. The minimum absolute atomic E-state index is 0.0755. The lowest BCUT2D eigenvalue weighted by Gasteiger charge is -2.39. The van der Waals surface area contributed by atoms with Crippen molar-refractivity contribution in [1.29, 1.82) is 0 Å². The zero-order chi connectivity index (χ0) is 17.5. The van der Waals surface area contributed by atoms with Crippen LogP contribution < -0.4 is 11.5 Å². The van der Waals surface area contributed by atoms with Crippen molar-refractivity contribution in [2.75, 3.05) is 0 Å². The Morgan fingerprint density at radius 1 is 1.17 bits per heavy atom. The zero-order valence-corrected chi connectivity index (χ0v) is 13.5. The summed E-state index contributed by atoms with van der Waals surface area (Å²) in [5, 5.41) is 19.5. The average molecular weight is 357 g/mol. The molecule has 2 unspecified atom stereocenters. The third-order valence-corrected chi connectivity index (χ3v) is 4.71. The fourth-order valence-corrected chi connectivity index (χ4v) is 3.35. The van der Waals surface area contributed by atoms with Crippen LogP contribution in [0, 0.1) is 5.41 Å². The van der Waals surface area contributed by atoms with Crippen molar-refractivity contribution in [3.8, 4) is 0 Å². The fraction of sp³-hybridized carbons (Fsp3) is 0.200. The van der Waals surface area contributed by atoms with Gasteiger partial charge in [-0.15, -0.1) is 0 Å². The van der Waals surface area contributed by atoms with E-state index in [1.54, 1.807) is 6.07 Å². The molecule has 1 aliphatic rings. The standard InChI is InChI=1S/C15H14Cl2N2O4/c1-15(14(22)23)9(19)5-8(18)11(13(20)21)12(15)10-6(16)3-2-4-7(10)17/h2-5,12H,18-19H2,1H3,(H,20,21)(H,22,23). The molecular formula is C15H14Cl2N2O4. The van der Waals surface area contributed by atoms with Crippen LogP contribution in [0.1, 0.15) is 18.4 Å². The second-order valence-corrected chi connectivity index (χ2v) is 6.16. The molecule has 0 aliphatic heterocycles. The van der Waals surface area contributed by atoms with Crippen molar-refractivity contribution in [3.05, 3.63) is 56.9 Å². The largest absolute Gasteiger partial charge is 0.481 e. The minimum Gasteiger partial charge on any atom is -0.481 e. The number of carboxylic acids is 2. The van der Waals surface area contributed by atoms with E-state index in [1.165, 1.54) is 19.1 Å². The maximum atomic E-state index is 11.9. The molecule has 6 nitrogen and oxygen atoms in total. The van der Waals surface area contributed by atoms with Gasteiger partial charge in [-0.1, -0.05) is 29.3 Å². The average Bonchev–Trinajstić information content (AvgIpc) is 2.42. The van der Waals surface area contributed by atoms with E-state index in [-0.39, 0.29) is 32.6 Å². The van der Waals surface area contributed by atoms with E-state index in [9.17, 15) is 19.8 Å². The Kier molecular flexibility index (Phi) is 4.32. The van der Waals surface area contributed by atoms with Gasteiger partial charge in [-0.05, 0) is 30.7 Å².